The molecule has 0 aromatic rings. The highest BCUT2D eigenvalue weighted by atomic mass is 35.5. The number of unbranched alkanes of at least 4 members (excludes halogenated alkanes) is 2. The van der Waals surface area contributed by atoms with E-state index in [4.69, 9.17) is 5.11 Å². The first kappa shape index (κ1) is 12.0. The number of halogens is 1. The topological polar surface area (TPSA) is 20.2 Å². The molecule has 0 aromatic carbocycles. The Morgan fingerprint density at radius 1 is 1.33 bits per heavy atom. The summed E-state index contributed by atoms with van der Waals surface area (Å²) in [6, 6.07) is 0. The van der Waals surface area contributed by atoms with Crippen molar-refractivity contribution < 1.29 is 5.11 Å². The summed E-state index contributed by atoms with van der Waals surface area (Å²) in [5, 5.41) is 8.78. The molecule has 0 amide bonds. The van der Waals surface area contributed by atoms with Gasteiger partial charge >= 0.3 is 0 Å². The van der Waals surface area contributed by atoms with E-state index in [0.29, 0.717) is 0 Å². The lowest BCUT2D eigenvalue weighted by molar-refractivity contribution is 0.180. The van der Waals surface area contributed by atoms with Crippen LogP contribution in [0.1, 0.15) is 39.5 Å². The van der Waals surface area contributed by atoms with Crippen molar-refractivity contribution in [2.24, 2.45) is 0 Å². The minimum Gasteiger partial charge on any atom is -0.393 e. The van der Waals surface area contributed by atoms with Gasteiger partial charge in [0.15, 0.2) is 0 Å². The van der Waals surface area contributed by atoms with E-state index in [-0.39, 0.29) is 18.5 Å². The van der Waals surface area contributed by atoms with Crippen LogP contribution in [0.4, 0.5) is 0 Å². The number of hydrogen-bond donors (Lipinski definition) is 1. The smallest absolute Gasteiger partial charge is 0.0512 e. The van der Waals surface area contributed by atoms with Gasteiger partial charge in [0.1, 0.15) is 0 Å². The second-order valence-corrected chi connectivity index (χ2v) is 2.34. The zero-order chi connectivity index (χ0) is 6.41. The van der Waals surface area contributed by atoms with Crippen LogP contribution in [0.25, 0.3) is 0 Å². The zero-order valence-electron chi connectivity index (χ0n) is 6.26. The second kappa shape index (κ2) is 8.25. The first-order valence-electron chi connectivity index (χ1n) is 3.45. The van der Waals surface area contributed by atoms with Gasteiger partial charge in [-0.25, -0.2) is 0 Å². The molecule has 0 bridgehead atoms. The maximum atomic E-state index is 8.78. The molecular weight excluding hydrogens is 136 g/mol. The van der Waals surface area contributed by atoms with Crippen molar-refractivity contribution in [1.82, 2.24) is 0 Å². The molecule has 0 rings (SSSR count). The van der Waals surface area contributed by atoms with Crippen LogP contribution in [0.2, 0.25) is 0 Å². The van der Waals surface area contributed by atoms with Crippen LogP contribution in [0.3, 0.4) is 0 Å². The molecule has 0 aliphatic carbocycles. The summed E-state index contributed by atoms with van der Waals surface area (Å²) >= 11 is 0. The van der Waals surface area contributed by atoms with Gasteiger partial charge in [-0.1, -0.05) is 26.2 Å². The first-order chi connectivity index (χ1) is 3.77. The van der Waals surface area contributed by atoms with Crippen molar-refractivity contribution in [3.63, 3.8) is 0 Å². The van der Waals surface area contributed by atoms with Crippen LogP contribution in [0.15, 0.2) is 0 Å². The third-order valence-corrected chi connectivity index (χ3v) is 1.23. The third kappa shape index (κ3) is 11.7. The second-order valence-electron chi connectivity index (χ2n) is 2.34. The summed E-state index contributed by atoms with van der Waals surface area (Å²) in [6.07, 6.45) is 4.54. The Balaban J connectivity index is 0. The highest BCUT2D eigenvalue weighted by Crippen LogP contribution is 2.01. The number of aliphatic hydroxyl groups excluding tert-OH is 1. The Kier molecular flexibility index (Phi) is 11.0. The fourth-order valence-corrected chi connectivity index (χ4v) is 0.690. The molecule has 0 radical (unpaired) electrons. The van der Waals surface area contributed by atoms with Crippen LogP contribution >= 0.6 is 12.4 Å². The van der Waals surface area contributed by atoms with Crippen LogP contribution < -0.4 is 0 Å². The van der Waals surface area contributed by atoms with Gasteiger partial charge in [0.25, 0.3) is 0 Å². The molecule has 2 heteroatoms. The van der Waals surface area contributed by atoms with E-state index < -0.39 is 0 Å². The van der Waals surface area contributed by atoms with Crippen LogP contribution in [-0.2, 0) is 0 Å². The Morgan fingerprint density at radius 2 is 1.89 bits per heavy atom. The van der Waals surface area contributed by atoms with E-state index >= 15 is 0 Å². The Hall–Kier alpha value is 0.250. The van der Waals surface area contributed by atoms with Gasteiger partial charge in [0.05, 0.1) is 6.10 Å². The van der Waals surface area contributed by atoms with E-state index in [1.54, 1.807) is 0 Å². The molecule has 9 heavy (non-hydrogen) atoms. The molecule has 1 nitrogen and oxygen atoms in total. The summed E-state index contributed by atoms with van der Waals surface area (Å²) in [5.74, 6) is 0. The van der Waals surface area contributed by atoms with E-state index in [0.717, 1.165) is 6.42 Å². The van der Waals surface area contributed by atoms with Gasteiger partial charge in [-0.05, 0) is 13.3 Å². The third-order valence-electron chi connectivity index (χ3n) is 1.23. The van der Waals surface area contributed by atoms with Gasteiger partial charge in [-0.3, -0.25) is 0 Å². The predicted molar refractivity (Wildman–Crippen MR) is 43.1 cm³/mol. The zero-order valence-corrected chi connectivity index (χ0v) is 7.08. The number of rotatable bonds is 4. The molecule has 1 atom stereocenters. The first-order valence-corrected chi connectivity index (χ1v) is 3.45. The van der Waals surface area contributed by atoms with Gasteiger partial charge < -0.3 is 5.11 Å². The molecule has 0 heterocycles. The normalized spacial score (nSPS) is 12.3. The lowest BCUT2D eigenvalue weighted by atomic mass is 10.1. The molecule has 0 saturated carbocycles. The van der Waals surface area contributed by atoms with Gasteiger partial charge in [0.2, 0.25) is 0 Å². The van der Waals surface area contributed by atoms with Crippen LogP contribution in [0.5, 0.6) is 0 Å². The number of aliphatic hydroxyl groups is 1. The molecule has 58 valence electrons. The van der Waals surface area contributed by atoms with Gasteiger partial charge in [-0.2, -0.15) is 0 Å². The Labute approximate surface area is 63.9 Å². The maximum absolute atomic E-state index is 8.78. The van der Waals surface area contributed by atoms with Crippen molar-refractivity contribution in [1.29, 1.82) is 0 Å². The lowest BCUT2D eigenvalue weighted by Gasteiger charge is -2.00. The average Bonchev–Trinajstić information content (AvgIpc) is 1.66. The highest BCUT2D eigenvalue weighted by molar-refractivity contribution is 5.85. The SMILES string of the molecule is CCCCCC(C)O.Cl. The molecule has 0 fully saturated rings. The monoisotopic (exact) mass is 152 g/mol. The summed E-state index contributed by atoms with van der Waals surface area (Å²) in [5.41, 5.74) is 0. The van der Waals surface area contributed by atoms with Crippen LogP contribution in [0, 0.1) is 0 Å². The van der Waals surface area contributed by atoms with Crippen LogP contribution in [-0.4, -0.2) is 11.2 Å². The van der Waals surface area contributed by atoms with Crippen molar-refractivity contribution in [2.75, 3.05) is 0 Å². The summed E-state index contributed by atoms with van der Waals surface area (Å²) < 4.78 is 0. The lowest BCUT2D eigenvalue weighted by Crippen LogP contribution is -1.97. The highest BCUT2D eigenvalue weighted by Gasteiger charge is 1.92. The van der Waals surface area contributed by atoms with E-state index in [2.05, 4.69) is 6.92 Å². The molecule has 0 aromatic heterocycles. The van der Waals surface area contributed by atoms with Crippen molar-refractivity contribution >= 4 is 12.4 Å². The average molecular weight is 153 g/mol. The molecule has 0 aliphatic heterocycles. The quantitative estimate of drug-likeness (QED) is 0.614. The Morgan fingerprint density at radius 3 is 2.22 bits per heavy atom. The minimum atomic E-state index is -0.0958. The molecule has 0 aliphatic rings. The molecular formula is C7H17ClO. The van der Waals surface area contributed by atoms with Crippen molar-refractivity contribution in [3.8, 4) is 0 Å². The van der Waals surface area contributed by atoms with E-state index in [1.165, 1.54) is 19.3 Å². The summed E-state index contributed by atoms with van der Waals surface area (Å²) in [6.45, 7) is 4.01. The van der Waals surface area contributed by atoms with Gasteiger partial charge in [0, 0.05) is 0 Å². The van der Waals surface area contributed by atoms with Gasteiger partial charge in [-0.15, -0.1) is 12.4 Å². The maximum Gasteiger partial charge on any atom is 0.0512 e. The van der Waals surface area contributed by atoms with Crippen molar-refractivity contribution in [2.45, 2.75) is 45.6 Å². The standard InChI is InChI=1S/C7H16O.ClH/c1-3-4-5-6-7(2)8;/h7-8H,3-6H2,1-2H3;1H. The molecule has 1 unspecified atom stereocenters. The number of hydrogen-bond acceptors (Lipinski definition) is 1. The van der Waals surface area contributed by atoms with E-state index in [9.17, 15) is 0 Å². The molecule has 1 N–H and O–H groups in total. The predicted octanol–water partition coefficient (Wildman–Crippen LogP) is 2.37. The van der Waals surface area contributed by atoms with E-state index in [1.807, 2.05) is 6.92 Å². The minimum absolute atomic E-state index is 0. The van der Waals surface area contributed by atoms with Crippen molar-refractivity contribution in [3.05, 3.63) is 0 Å². The summed E-state index contributed by atoms with van der Waals surface area (Å²) in [7, 11) is 0. The summed E-state index contributed by atoms with van der Waals surface area (Å²) in [4.78, 5) is 0. The molecule has 0 spiro atoms. The fraction of sp³-hybridized carbons (Fsp3) is 1.00. The fourth-order valence-electron chi connectivity index (χ4n) is 0.690. The largest absolute Gasteiger partial charge is 0.393 e. The Bertz CT molecular complexity index is 46.2. The molecule has 0 saturated heterocycles.